The zero-order chi connectivity index (χ0) is 18.4. The van der Waals surface area contributed by atoms with Crippen LogP contribution in [-0.4, -0.2) is 19.8 Å². The Balaban J connectivity index is 1.91. The first-order valence-electron chi connectivity index (χ1n) is 7.33. The van der Waals surface area contributed by atoms with Gasteiger partial charge < -0.3 is 4.98 Å². The van der Waals surface area contributed by atoms with Crippen molar-refractivity contribution in [2.75, 3.05) is 4.72 Å². The summed E-state index contributed by atoms with van der Waals surface area (Å²) in [5.74, 6) is -2.60. The molecule has 0 unspecified atom stereocenters. The highest BCUT2D eigenvalue weighted by atomic mass is 79.9. The fourth-order valence-electron chi connectivity index (χ4n) is 2.88. The van der Waals surface area contributed by atoms with Gasteiger partial charge in [-0.1, -0.05) is 0 Å². The van der Waals surface area contributed by atoms with E-state index >= 15 is 0 Å². The molecule has 0 saturated heterocycles. The summed E-state index contributed by atoms with van der Waals surface area (Å²) in [7, 11) is -4.19. The molecule has 1 aliphatic carbocycles. The van der Waals surface area contributed by atoms with Gasteiger partial charge in [0.15, 0.2) is 0 Å². The Hall–Kier alpha value is -1.55. The van der Waals surface area contributed by atoms with Crippen molar-refractivity contribution in [2.24, 2.45) is 5.92 Å². The van der Waals surface area contributed by atoms with Crippen molar-refractivity contribution in [2.45, 2.75) is 30.6 Å². The Morgan fingerprint density at radius 3 is 2.64 bits per heavy atom. The van der Waals surface area contributed by atoms with Crippen molar-refractivity contribution in [3.8, 4) is 0 Å². The van der Waals surface area contributed by atoms with Crippen LogP contribution < -0.4 is 4.72 Å². The van der Waals surface area contributed by atoms with E-state index in [0.717, 1.165) is 12.1 Å². The molecule has 0 amide bonds. The molecular formula is C15H13BrF4N2O2S. The van der Waals surface area contributed by atoms with Crippen LogP contribution in [0.25, 0.3) is 0 Å². The minimum absolute atomic E-state index is 0.0454. The number of fused-ring (bicyclic) bond motifs is 1. The Kier molecular flexibility index (Phi) is 4.84. The maximum Gasteiger partial charge on any atom is 0.263 e. The summed E-state index contributed by atoms with van der Waals surface area (Å²) < 4.78 is 80.0. The highest BCUT2D eigenvalue weighted by Crippen LogP contribution is 2.34. The minimum atomic E-state index is -4.19. The number of anilines is 1. The fourth-order valence-corrected chi connectivity index (χ4v) is 4.52. The summed E-state index contributed by atoms with van der Waals surface area (Å²) in [5, 5.41) is 0. The molecule has 2 aromatic rings. The number of aromatic nitrogens is 1. The van der Waals surface area contributed by atoms with E-state index in [0.29, 0.717) is 11.3 Å². The Morgan fingerprint density at radius 2 is 1.96 bits per heavy atom. The smallest absolute Gasteiger partial charge is 0.263 e. The highest BCUT2D eigenvalue weighted by Gasteiger charge is 2.32. The standard InChI is InChI=1S/C15H13BrF4N2O2S/c16-9-4-11(18)13(5-10(9)17)22-25(23,24)14-6-21-12-3-7(15(19)20)1-2-8(12)14/h4-7,15,21-22H,1-3H2/t7-/m1/s1. The normalized spacial score (nSPS) is 17.6. The molecule has 1 aromatic heterocycles. The second-order valence-corrected chi connectivity index (χ2v) is 8.30. The third-order valence-corrected chi connectivity index (χ3v) is 6.21. The molecule has 0 radical (unpaired) electrons. The van der Waals surface area contributed by atoms with E-state index in [4.69, 9.17) is 0 Å². The largest absolute Gasteiger partial charge is 0.363 e. The molecule has 1 aromatic carbocycles. The van der Waals surface area contributed by atoms with E-state index in [1.54, 1.807) is 0 Å². The van der Waals surface area contributed by atoms with Crippen LogP contribution in [0.5, 0.6) is 0 Å². The number of hydrogen-bond donors (Lipinski definition) is 2. The molecule has 2 N–H and O–H groups in total. The first-order chi connectivity index (χ1) is 11.7. The molecule has 0 saturated carbocycles. The number of nitrogens with one attached hydrogen (secondary N) is 2. The quantitative estimate of drug-likeness (QED) is 0.551. The van der Waals surface area contributed by atoms with Gasteiger partial charge in [-0.25, -0.2) is 26.0 Å². The third-order valence-electron chi connectivity index (χ3n) is 4.17. The SMILES string of the molecule is O=S(=O)(Nc1cc(F)c(Br)cc1F)c1c[nH]c2c1CC[C@@H](C(F)F)C2. The van der Waals surface area contributed by atoms with Crippen LogP contribution in [0.3, 0.4) is 0 Å². The topological polar surface area (TPSA) is 62.0 Å². The summed E-state index contributed by atoms with van der Waals surface area (Å²) in [4.78, 5) is 2.57. The summed E-state index contributed by atoms with van der Waals surface area (Å²) >= 11 is 2.81. The Morgan fingerprint density at radius 1 is 1.24 bits per heavy atom. The Labute approximate surface area is 149 Å². The zero-order valence-corrected chi connectivity index (χ0v) is 15.0. The van der Waals surface area contributed by atoms with Gasteiger partial charge in [-0.15, -0.1) is 0 Å². The van der Waals surface area contributed by atoms with E-state index < -0.39 is 39.7 Å². The van der Waals surface area contributed by atoms with Crippen molar-refractivity contribution in [3.63, 3.8) is 0 Å². The van der Waals surface area contributed by atoms with Crippen LogP contribution in [0.4, 0.5) is 23.2 Å². The van der Waals surface area contributed by atoms with E-state index in [1.807, 2.05) is 4.72 Å². The first-order valence-corrected chi connectivity index (χ1v) is 9.61. The number of alkyl halides is 2. The van der Waals surface area contributed by atoms with Crippen molar-refractivity contribution in [1.29, 1.82) is 0 Å². The molecule has 0 aliphatic heterocycles. The van der Waals surface area contributed by atoms with Crippen LogP contribution in [0.2, 0.25) is 0 Å². The summed E-state index contributed by atoms with van der Waals surface area (Å²) in [6.07, 6.45) is -0.916. The van der Waals surface area contributed by atoms with Gasteiger partial charge in [0.1, 0.15) is 16.5 Å². The summed E-state index contributed by atoms with van der Waals surface area (Å²) in [6.45, 7) is 0. The number of halogens is 5. The molecule has 0 spiro atoms. The predicted octanol–water partition coefficient (Wildman–Crippen LogP) is 4.23. The Bertz CT molecular complexity index is 914. The third kappa shape index (κ3) is 3.55. The van der Waals surface area contributed by atoms with E-state index in [9.17, 15) is 26.0 Å². The van der Waals surface area contributed by atoms with Gasteiger partial charge in [-0.05, 0) is 46.8 Å². The second-order valence-electron chi connectivity index (χ2n) is 5.80. The van der Waals surface area contributed by atoms with E-state index in [1.165, 1.54) is 6.20 Å². The molecule has 1 heterocycles. The summed E-state index contributed by atoms with van der Waals surface area (Å²) in [6, 6.07) is 1.54. The zero-order valence-electron chi connectivity index (χ0n) is 12.6. The lowest BCUT2D eigenvalue weighted by molar-refractivity contribution is 0.0689. The number of aromatic amines is 1. The lowest BCUT2D eigenvalue weighted by atomic mass is 9.88. The van der Waals surface area contributed by atoms with Gasteiger partial charge in [-0.3, -0.25) is 4.72 Å². The molecular weight excluding hydrogens is 428 g/mol. The number of H-pyrrole nitrogens is 1. The molecule has 25 heavy (non-hydrogen) atoms. The number of benzene rings is 1. The number of hydrogen-bond acceptors (Lipinski definition) is 2. The number of rotatable bonds is 4. The van der Waals surface area contributed by atoms with Gasteiger partial charge in [0, 0.05) is 23.9 Å². The molecule has 0 bridgehead atoms. The molecule has 10 heteroatoms. The highest BCUT2D eigenvalue weighted by molar-refractivity contribution is 9.10. The molecule has 0 fully saturated rings. The maximum atomic E-state index is 13.9. The predicted molar refractivity (Wildman–Crippen MR) is 87.2 cm³/mol. The van der Waals surface area contributed by atoms with Crippen LogP contribution in [-0.2, 0) is 22.9 Å². The first kappa shape index (κ1) is 18.2. The molecule has 3 rings (SSSR count). The van der Waals surface area contributed by atoms with Crippen molar-refractivity contribution in [1.82, 2.24) is 4.98 Å². The molecule has 1 aliphatic rings. The average molecular weight is 441 g/mol. The van der Waals surface area contributed by atoms with Gasteiger partial charge in [0.25, 0.3) is 10.0 Å². The monoisotopic (exact) mass is 440 g/mol. The van der Waals surface area contributed by atoms with Crippen LogP contribution in [0.15, 0.2) is 27.7 Å². The van der Waals surface area contributed by atoms with Crippen molar-refractivity contribution >= 4 is 31.6 Å². The molecule has 4 nitrogen and oxygen atoms in total. The average Bonchev–Trinajstić information content (AvgIpc) is 2.96. The van der Waals surface area contributed by atoms with E-state index in [-0.39, 0.29) is 28.6 Å². The van der Waals surface area contributed by atoms with Gasteiger partial charge in [-0.2, -0.15) is 0 Å². The van der Waals surface area contributed by atoms with Crippen molar-refractivity contribution < 1.29 is 26.0 Å². The summed E-state index contributed by atoms with van der Waals surface area (Å²) in [5.41, 5.74) is 0.304. The lowest BCUT2D eigenvalue weighted by Crippen LogP contribution is -2.22. The fraction of sp³-hybridized carbons (Fsp3) is 0.333. The lowest BCUT2D eigenvalue weighted by Gasteiger charge is -2.22. The second kappa shape index (κ2) is 6.64. The van der Waals surface area contributed by atoms with Crippen LogP contribution in [0.1, 0.15) is 17.7 Å². The van der Waals surface area contributed by atoms with Crippen LogP contribution in [0, 0.1) is 17.6 Å². The maximum absolute atomic E-state index is 13.9. The van der Waals surface area contributed by atoms with Crippen molar-refractivity contribution in [3.05, 3.63) is 45.7 Å². The molecule has 1 atom stereocenters. The van der Waals surface area contributed by atoms with Crippen LogP contribution >= 0.6 is 15.9 Å². The number of sulfonamides is 1. The van der Waals surface area contributed by atoms with E-state index in [2.05, 4.69) is 20.9 Å². The van der Waals surface area contributed by atoms with Gasteiger partial charge in [0.2, 0.25) is 6.43 Å². The minimum Gasteiger partial charge on any atom is -0.363 e. The van der Waals surface area contributed by atoms with Gasteiger partial charge in [0.05, 0.1) is 10.2 Å². The molecule has 136 valence electrons. The van der Waals surface area contributed by atoms with Gasteiger partial charge >= 0.3 is 0 Å².